The zero-order valence-corrected chi connectivity index (χ0v) is 14.7. The summed E-state index contributed by atoms with van der Waals surface area (Å²) in [5.74, 6) is -0.0404. The molecule has 2 aromatic rings. The molecule has 1 amide bonds. The fourth-order valence-electron chi connectivity index (χ4n) is 2.05. The molecule has 0 fully saturated rings. The molecule has 6 nitrogen and oxygen atoms in total. The van der Waals surface area contributed by atoms with E-state index < -0.39 is 10.0 Å². The Morgan fingerprint density at radius 1 is 1.35 bits per heavy atom. The molecule has 23 heavy (non-hydrogen) atoms. The lowest BCUT2D eigenvalue weighted by Gasteiger charge is -2.19. The lowest BCUT2D eigenvalue weighted by atomic mass is 10.3. The topological polar surface area (TPSA) is 75.7 Å². The third-order valence-corrected chi connectivity index (χ3v) is 5.71. The fraction of sp³-hybridized carbons (Fsp3) is 0.267. The fourth-order valence-corrected chi connectivity index (χ4v) is 4.05. The molecule has 8 heteroatoms. The van der Waals surface area contributed by atoms with Gasteiger partial charge in [0, 0.05) is 26.2 Å². The maximum absolute atomic E-state index is 12.8. The summed E-state index contributed by atoms with van der Waals surface area (Å²) in [6.45, 7) is 1.63. The van der Waals surface area contributed by atoms with E-state index in [2.05, 4.69) is 5.32 Å². The van der Waals surface area contributed by atoms with Gasteiger partial charge in [-0.15, -0.1) is 0 Å². The van der Waals surface area contributed by atoms with Crippen molar-refractivity contribution in [3.8, 4) is 5.75 Å². The molecule has 0 spiro atoms. The molecule has 0 saturated heterocycles. The molecule has 0 aliphatic heterocycles. The summed E-state index contributed by atoms with van der Waals surface area (Å²) in [5.41, 5.74) is 1.32. The number of rotatable bonds is 6. The zero-order chi connectivity index (χ0) is 17.0. The van der Waals surface area contributed by atoms with Gasteiger partial charge in [0.05, 0.1) is 7.11 Å². The van der Waals surface area contributed by atoms with Crippen molar-refractivity contribution in [1.82, 2.24) is 4.31 Å². The number of anilines is 1. The number of amides is 1. The Morgan fingerprint density at radius 2 is 2.09 bits per heavy atom. The van der Waals surface area contributed by atoms with Gasteiger partial charge in [-0.3, -0.25) is 4.79 Å². The molecule has 0 saturated carbocycles. The van der Waals surface area contributed by atoms with E-state index in [1.807, 2.05) is 16.8 Å². The van der Waals surface area contributed by atoms with Crippen LogP contribution in [0.5, 0.6) is 5.75 Å². The van der Waals surface area contributed by atoms with Gasteiger partial charge < -0.3 is 10.1 Å². The van der Waals surface area contributed by atoms with Crippen molar-refractivity contribution in [3.05, 3.63) is 40.6 Å². The third-order valence-electron chi connectivity index (χ3n) is 3.16. The minimum Gasteiger partial charge on any atom is -0.495 e. The number of methoxy groups -OCH3 is 1. The average Bonchev–Trinajstić information content (AvgIpc) is 2.99. The van der Waals surface area contributed by atoms with Crippen LogP contribution in [-0.2, 0) is 21.4 Å². The van der Waals surface area contributed by atoms with Crippen LogP contribution in [0.2, 0.25) is 0 Å². The third kappa shape index (κ3) is 4.10. The monoisotopic (exact) mass is 354 g/mol. The standard InChI is InChI=1S/C15H18N2O4S2/c1-11(18)16-13-4-5-14(21-3)15(8-13)23(19,20)17(2)9-12-6-7-22-10-12/h4-8,10H,9H2,1-3H3,(H,16,18). The summed E-state index contributed by atoms with van der Waals surface area (Å²) in [6, 6.07) is 6.40. The predicted octanol–water partition coefficient (Wildman–Crippen LogP) is 2.54. The molecule has 0 bridgehead atoms. The number of thiophene rings is 1. The minimum atomic E-state index is -3.75. The van der Waals surface area contributed by atoms with E-state index in [0.29, 0.717) is 5.69 Å². The molecule has 124 valence electrons. The molecule has 0 aliphatic rings. The van der Waals surface area contributed by atoms with E-state index in [4.69, 9.17) is 4.74 Å². The van der Waals surface area contributed by atoms with E-state index in [1.165, 1.54) is 48.9 Å². The maximum Gasteiger partial charge on any atom is 0.246 e. The highest BCUT2D eigenvalue weighted by molar-refractivity contribution is 7.89. The van der Waals surface area contributed by atoms with Gasteiger partial charge in [0.2, 0.25) is 15.9 Å². The Balaban J connectivity index is 2.38. The second-order valence-corrected chi connectivity index (χ2v) is 7.73. The van der Waals surface area contributed by atoms with Crippen LogP contribution in [0.25, 0.3) is 0 Å². The Morgan fingerprint density at radius 3 is 2.65 bits per heavy atom. The van der Waals surface area contributed by atoms with E-state index in [-0.39, 0.29) is 23.1 Å². The van der Waals surface area contributed by atoms with Crippen LogP contribution in [0.15, 0.2) is 39.9 Å². The van der Waals surface area contributed by atoms with E-state index in [1.54, 1.807) is 6.07 Å². The van der Waals surface area contributed by atoms with Crippen LogP contribution in [-0.4, -0.2) is 32.8 Å². The largest absolute Gasteiger partial charge is 0.495 e. The number of carbonyl (C=O) groups is 1. The first-order chi connectivity index (χ1) is 10.8. The Hall–Kier alpha value is -1.90. The summed E-state index contributed by atoms with van der Waals surface area (Å²) in [7, 11) is -0.835. The number of carbonyl (C=O) groups excluding carboxylic acids is 1. The van der Waals surface area contributed by atoms with Crippen molar-refractivity contribution in [2.45, 2.75) is 18.4 Å². The number of nitrogens with zero attached hydrogens (tertiary/aromatic N) is 1. The lowest BCUT2D eigenvalue weighted by molar-refractivity contribution is -0.114. The SMILES string of the molecule is COc1ccc(NC(C)=O)cc1S(=O)(=O)N(C)Cc1ccsc1. The molecule has 0 unspecified atom stereocenters. The highest BCUT2D eigenvalue weighted by atomic mass is 32.2. The smallest absolute Gasteiger partial charge is 0.246 e. The number of ether oxygens (including phenoxy) is 1. The summed E-state index contributed by atoms with van der Waals surface area (Å²) in [5, 5.41) is 6.37. The number of hydrogen-bond acceptors (Lipinski definition) is 5. The summed E-state index contributed by atoms with van der Waals surface area (Å²) >= 11 is 1.51. The molecule has 1 N–H and O–H groups in total. The van der Waals surface area contributed by atoms with E-state index in [9.17, 15) is 13.2 Å². The van der Waals surface area contributed by atoms with Crippen LogP contribution in [0.3, 0.4) is 0 Å². The van der Waals surface area contributed by atoms with Crippen molar-refractivity contribution in [3.63, 3.8) is 0 Å². The highest BCUT2D eigenvalue weighted by Gasteiger charge is 2.25. The molecule has 1 heterocycles. The molecular formula is C15H18N2O4S2. The van der Waals surface area contributed by atoms with Gasteiger partial charge in [-0.1, -0.05) is 0 Å². The van der Waals surface area contributed by atoms with Gasteiger partial charge in [-0.2, -0.15) is 15.6 Å². The van der Waals surface area contributed by atoms with E-state index >= 15 is 0 Å². The van der Waals surface area contributed by atoms with Gasteiger partial charge in [-0.05, 0) is 40.6 Å². The van der Waals surface area contributed by atoms with Gasteiger partial charge in [0.15, 0.2) is 0 Å². The zero-order valence-electron chi connectivity index (χ0n) is 13.1. The first kappa shape index (κ1) is 17.5. The lowest BCUT2D eigenvalue weighted by Crippen LogP contribution is -2.26. The van der Waals surface area contributed by atoms with E-state index in [0.717, 1.165) is 5.56 Å². The normalized spacial score (nSPS) is 11.5. The second kappa shape index (κ2) is 7.12. The minimum absolute atomic E-state index is 0.0176. The Labute approximate surface area is 139 Å². The predicted molar refractivity (Wildman–Crippen MR) is 90.3 cm³/mol. The molecule has 0 atom stereocenters. The number of nitrogens with one attached hydrogen (secondary N) is 1. The highest BCUT2D eigenvalue weighted by Crippen LogP contribution is 2.30. The van der Waals surface area contributed by atoms with Gasteiger partial charge in [0.25, 0.3) is 0 Å². The molecule has 0 radical (unpaired) electrons. The number of hydrogen-bond donors (Lipinski definition) is 1. The van der Waals surface area contributed by atoms with Crippen molar-refractivity contribution in [1.29, 1.82) is 0 Å². The molecule has 1 aromatic heterocycles. The van der Waals surface area contributed by atoms with Crippen molar-refractivity contribution in [2.24, 2.45) is 0 Å². The molecule has 0 aliphatic carbocycles. The van der Waals surface area contributed by atoms with Crippen LogP contribution >= 0.6 is 11.3 Å². The summed E-state index contributed by atoms with van der Waals surface area (Å²) in [6.07, 6.45) is 0. The van der Waals surface area contributed by atoms with Gasteiger partial charge >= 0.3 is 0 Å². The van der Waals surface area contributed by atoms with Crippen molar-refractivity contribution < 1.29 is 17.9 Å². The Kier molecular flexibility index (Phi) is 5.40. The van der Waals surface area contributed by atoms with Crippen LogP contribution in [0.1, 0.15) is 12.5 Å². The summed E-state index contributed by atoms with van der Waals surface area (Å²) in [4.78, 5) is 11.2. The molecule has 1 aromatic carbocycles. The second-order valence-electron chi connectivity index (χ2n) is 4.94. The van der Waals surface area contributed by atoms with Crippen LogP contribution in [0.4, 0.5) is 5.69 Å². The number of sulfonamides is 1. The van der Waals surface area contributed by atoms with Crippen LogP contribution in [0, 0.1) is 0 Å². The number of benzene rings is 1. The van der Waals surface area contributed by atoms with Crippen molar-refractivity contribution in [2.75, 3.05) is 19.5 Å². The van der Waals surface area contributed by atoms with Crippen LogP contribution < -0.4 is 10.1 Å². The Bertz CT molecular complexity index is 786. The van der Waals surface area contributed by atoms with Gasteiger partial charge in [-0.25, -0.2) is 8.42 Å². The van der Waals surface area contributed by atoms with Crippen molar-refractivity contribution >= 4 is 33.0 Å². The quantitative estimate of drug-likeness (QED) is 0.865. The first-order valence-corrected chi connectivity index (χ1v) is 9.16. The van der Waals surface area contributed by atoms with Gasteiger partial charge in [0.1, 0.15) is 10.6 Å². The summed E-state index contributed by atoms with van der Waals surface area (Å²) < 4.78 is 32.0. The average molecular weight is 354 g/mol. The maximum atomic E-state index is 12.8. The molecule has 2 rings (SSSR count). The first-order valence-electron chi connectivity index (χ1n) is 6.77. The molecular weight excluding hydrogens is 336 g/mol.